The second-order valence-corrected chi connectivity index (χ2v) is 5.83. The maximum absolute atomic E-state index is 10.9. The highest BCUT2D eigenvalue weighted by Gasteiger charge is 2.01. The average molecular weight is 351 g/mol. The molecule has 3 nitrogen and oxygen atoms in total. The summed E-state index contributed by atoms with van der Waals surface area (Å²) in [5, 5.41) is 9.58. The summed E-state index contributed by atoms with van der Waals surface area (Å²) in [7, 11) is 0. The minimum atomic E-state index is -0.928. The zero-order chi connectivity index (χ0) is 17.6. The smallest absolute Gasteiger partial charge is 0.335 e. The molecule has 0 fully saturated rings. The molecule has 4 heteroatoms. The number of benzene rings is 3. The largest absolute Gasteiger partial charge is 0.478 e. The first-order valence-corrected chi connectivity index (χ1v) is 8.03. The molecule has 0 aliphatic carbocycles. The molecule has 0 aromatic heterocycles. The van der Waals surface area contributed by atoms with E-state index in [0.29, 0.717) is 5.02 Å². The third-order valence-corrected chi connectivity index (χ3v) is 3.79. The van der Waals surface area contributed by atoms with Gasteiger partial charge in [0.1, 0.15) is 11.5 Å². The summed E-state index contributed by atoms with van der Waals surface area (Å²) in [6, 6.07) is 21.6. The number of hydrogen-bond donors (Lipinski definition) is 1. The first kappa shape index (κ1) is 16.8. The quantitative estimate of drug-likeness (QED) is 0.574. The molecule has 0 aliphatic heterocycles. The zero-order valence-electron chi connectivity index (χ0n) is 13.2. The van der Waals surface area contributed by atoms with Crippen LogP contribution in [0.15, 0.2) is 72.8 Å². The van der Waals surface area contributed by atoms with Crippen molar-refractivity contribution in [3.63, 3.8) is 0 Å². The fourth-order valence-corrected chi connectivity index (χ4v) is 2.38. The highest BCUT2D eigenvalue weighted by atomic mass is 35.5. The van der Waals surface area contributed by atoms with E-state index in [9.17, 15) is 4.79 Å². The van der Waals surface area contributed by atoms with Gasteiger partial charge < -0.3 is 9.84 Å². The van der Waals surface area contributed by atoms with Crippen LogP contribution in [0.5, 0.6) is 11.5 Å². The van der Waals surface area contributed by atoms with E-state index in [2.05, 4.69) is 0 Å². The second-order valence-electron chi connectivity index (χ2n) is 5.39. The van der Waals surface area contributed by atoms with Crippen LogP contribution in [0.2, 0.25) is 5.02 Å². The van der Waals surface area contributed by atoms with Crippen molar-refractivity contribution >= 4 is 29.7 Å². The minimum absolute atomic E-state index is 0.274. The summed E-state index contributed by atoms with van der Waals surface area (Å²) >= 11 is 5.87. The van der Waals surface area contributed by atoms with Crippen LogP contribution in [0, 0.1) is 0 Å². The standard InChI is InChI=1S/C21H15ClO3/c22-18-10-12-19(13-11-18)25-20-3-1-2-16(14-20)5-4-15-6-8-17(9-7-15)21(23)24/h1-14H,(H,23,24). The van der Waals surface area contributed by atoms with Crippen LogP contribution in [0.4, 0.5) is 0 Å². The van der Waals surface area contributed by atoms with Gasteiger partial charge >= 0.3 is 5.97 Å². The van der Waals surface area contributed by atoms with Crippen molar-refractivity contribution < 1.29 is 14.6 Å². The summed E-state index contributed by atoms with van der Waals surface area (Å²) < 4.78 is 5.81. The van der Waals surface area contributed by atoms with Crippen LogP contribution < -0.4 is 4.74 Å². The summed E-state index contributed by atoms with van der Waals surface area (Å²) in [6.45, 7) is 0. The number of carboxylic acids is 1. The lowest BCUT2D eigenvalue weighted by molar-refractivity contribution is 0.0697. The predicted octanol–water partition coefficient (Wildman–Crippen LogP) is 6.00. The van der Waals surface area contributed by atoms with Gasteiger partial charge in [-0.25, -0.2) is 4.79 Å². The van der Waals surface area contributed by atoms with Crippen molar-refractivity contribution in [3.8, 4) is 11.5 Å². The van der Waals surface area contributed by atoms with Crippen LogP contribution in [0.3, 0.4) is 0 Å². The molecular formula is C21H15ClO3. The fraction of sp³-hybridized carbons (Fsp3) is 0. The van der Waals surface area contributed by atoms with Crippen molar-refractivity contribution in [1.29, 1.82) is 0 Å². The highest BCUT2D eigenvalue weighted by molar-refractivity contribution is 6.30. The maximum atomic E-state index is 10.9. The van der Waals surface area contributed by atoms with E-state index >= 15 is 0 Å². The van der Waals surface area contributed by atoms with E-state index in [4.69, 9.17) is 21.4 Å². The Morgan fingerprint density at radius 1 is 0.840 bits per heavy atom. The molecular weight excluding hydrogens is 336 g/mol. The number of hydrogen-bond acceptors (Lipinski definition) is 2. The van der Waals surface area contributed by atoms with Gasteiger partial charge in [-0.2, -0.15) is 0 Å². The molecule has 1 N–H and O–H groups in total. The van der Waals surface area contributed by atoms with Gasteiger partial charge in [0.05, 0.1) is 5.56 Å². The Kier molecular flexibility index (Phi) is 5.17. The Morgan fingerprint density at radius 3 is 2.20 bits per heavy atom. The first-order valence-electron chi connectivity index (χ1n) is 7.65. The van der Waals surface area contributed by atoms with Gasteiger partial charge in [0.2, 0.25) is 0 Å². The number of aromatic carboxylic acids is 1. The molecule has 0 unspecified atom stereocenters. The first-order chi connectivity index (χ1) is 12.1. The number of carboxylic acid groups (broad SMARTS) is 1. The van der Waals surface area contributed by atoms with Gasteiger partial charge in [-0.3, -0.25) is 0 Å². The highest BCUT2D eigenvalue weighted by Crippen LogP contribution is 2.24. The van der Waals surface area contributed by atoms with Crippen LogP contribution in [0.25, 0.3) is 12.2 Å². The van der Waals surface area contributed by atoms with Gasteiger partial charge in [0.25, 0.3) is 0 Å². The molecule has 3 rings (SSSR count). The minimum Gasteiger partial charge on any atom is -0.478 e. The predicted molar refractivity (Wildman–Crippen MR) is 100 cm³/mol. The normalized spacial score (nSPS) is 10.8. The van der Waals surface area contributed by atoms with Crippen molar-refractivity contribution in [1.82, 2.24) is 0 Å². The molecule has 0 bridgehead atoms. The van der Waals surface area contributed by atoms with E-state index in [1.54, 1.807) is 36.4 Å². The molecule has 124 valence electrons. The lowest BCUT2D eigenvalue weighted by Gasteiger charge is -2.06. The molecule has 3 aromatic rings. The Bertz CT molecular complexity index is 897. The summed E-state index contributed by atoms with van der Waals surface area (Å²) in [5.74, 6) is 0.517. The van der Waals surface area contributed by atoms with Gasteiger partial charge in [-0.1, -0.05) is 48.0 Å². The third-order valence-electron chi connectivity index (χ3n) is 3.53. The second kappa shape index (κ2) is 7.69. The summed E-state index contributed by atoms with van der Waals surface area (Å²) in [6.07, 6.45) is 3.87. The van der Waals surface area contributed by atoms with Gasteiger partial charge in [0.15, 0.2) is 0 Å². The van der Waals surface area contributed by atoms with Crippen LogP contribution >= 0.6 is 11.6 Å². The fourth-order valence-electron chi connectivity index (χ4n) is 2.25. The molecule has 0 spiro atoms. The van der Waals surface area contributed by atoms with E-state index in [-0.39, 0.29) is 5.56 Å². The van der Waals surface area contributed by atoms with Crippen molar-refractivity contribution in [2.75, 3.05) is 0 Å². The Hall–Kier alpha value is -3.04. The molecule has 0 amide bonds. The summed E-state index contributed by atoms with van der Waals surface area (Å²) in [5.41, 5.74) is 2.18. The Morgan fingerprint density at radius 2 is 1.52 bits per heavy atom. The Labute approximate surface area is 150 Å². The molecule has 25 heavy (non-hydrogen) atoms. The lowest BCUT2D eigenvalue weighted by Crippen LogP contribution is -1.94. The lowest BCUT2D eigenvalue weighted by atomic mass is 10.1. The molecule has 0 atom stereocenters. The average Bonchev–Trinajstić information content (AvgIpc) is 2.63. The molecule has 0 saturated carbocycles. The number of ether oxygens (including phenoxy) is 1. The van der Waals surface area contributed by atoms with Gasteiger partial charge in [-0.05, 0) is 59.7 Å². The van der Waals surface area contributed by atoms with E-state index in [0.717, 1.165) is 22.6 Å². The van der Waals surface area contributed by atoms with Gasteiger partial charge in [0, 0.05) is 5.02 Å². The van der Waals surface area contributed by atoms with E-state index in [1.807, 2.05) is 48.6 Å². The Balaban J connectivity index is 1.72. The van der Waals surface area contributed by atoms with Gasteiger partial charge in [-0.15, -0.1) is 0 Å². The summed E-state index contributed by atoms with van der Waals surface area (Å²) in [4.78, 5) is 10.9. The molecule has 0 aliphatic rings. The number of carbonyl (C=O) groups is 1. The zero-order valence-corrected chi connectivity index (χ0v) is 14.0. The topological polar surface area (TPSA) is 46.5 Å². The maximum Gasteiger partial charge on any atom is 0.335 e. The number of halogens is 1. The third kappa shape index (κ3) is 4.72. The van der Waals surface area contributed by atoms with Crippen LogP contribution in [-0.2, 0) is 0 Å². The SMILES string of the molecule is O=C(O)c1ccc(C=Cc2cccc(Oc3ccc(Cl)cc3)c2)cc1. The monoisotopic (exact) mass is 350 g/mol. The van der Waals surface area contributed by atoms with Crippen molar-refractivity contribution in [3.05, 3.63) is 94.5 Å². The van der Waals surface area contributed by atoms with Crippen LogP contribution in [0.1, 0.15) is 21.5 Å². The van der Waals surface area contributed by atoms with Crippen LogP contribution in [-0.4, -0.2) is 11.1 Å². The van der Waals surface area contributed by atoms with E-state index in [1.165, 1.54) is 0 Å². The molecule has 3 aromatic carbocycles. The van der Waals surface area contributed by atoms with Crippen molar-refractivity contribution in [2.45, 2.75) is 0 Å². The molecule has 0 heterocycles. The number of rotatable bonds is 5. The molecule has 0 saturated heterocycles. The molecule has 0 radical (unpaired) electrons. The van der Waals surface area contributed by atoms with Crippen molar-refractivity contribution in [2.24, 2.45) is 0 Å². The van der Waals surface area contributed by atoms with E-state index < -0.39 is 5.97 Å².